The van der Waals surface area contributed by atoms with Crippen LogP contribution in [0, 0.1) is 0 Å². The summed E-state index contributed by atoms with van der Waals surface area (Å²) in [5, 5.41) is 4.64. The van der Waals surface area contributed by atoms with E-state index in [9.17, 15) is 0 Å². The number of hydrogen-bond donors (Lipinski definition) is 0. The third kappa shape index (κ3) is 3.91. The quantitative estimate of drug-likeness (QED) is 0.611. The van der Waals surface area contributed by atoms with E-state index in [1.165, 1.54) is 5.57 Å². The van der Waals surface area contributed by atoms with Crippen LogP contribution in [0.15, 0.2) is 84.6 Å². The van der Waals surface area contributed by atoms with Gasteiger partial charge in [0.1, 0.15) is 11.3 Å². The topological polar surface area (TPSA) is 39.4 Å². The minimum Gasteiger partial charge on any atom is -0.437 e. The molecule has 1 unspecified atom stereocenters. The average molecular weight is 345 g/mol. The summed E-state index contributed by atoms with van der Waals surface area (Å²) in [6.45, 7) is 6.08. The van der Waals surface area contributed by atoms with E-state index in [2.05, 4.69) is 30.3 Å². The summed E-state index contributed by atoms with van der Waals surface area (Å²) in [5.41, 5.74) is 2.03. The SMILES string of the molecule is CC.CC1=CC(c2nc(Oc3ccccc3)c3cccn3n2)C=CC=C1. The monoisotopic (exact) mass is 345 g/mol. The lowest BCUT2D eigenvalue weighted by molar-refractivity contribution is 0.459. The molecule has 1 atom stereocenters. The number of fused-ring (bicyclic) bond motifs is 1. The molecule has 3 aromatic rings. The molecule has 0 amide bonds. The maximum absolute atomic E-state index is 6.01. The smallest absolute Gasteiger partial charge is 0.247 e. The van der Waals surface area contributed by atoms with Crippen molar-refractivity contribution in [1.82, 2.24) is 14.6 Å². The summed E-state index contributed by atoms with van der Waals surface area (Å²) in [6, 6.07) is 13.6. The fraction of sp³-hybridized carbons (Fsp3) is 0.182. The Bertz CT molecular complexity index is 952. The Morgan fingerprint density at radius 2 is 1.81 bits per heavy atom. The van der Waals surface area contributed by atoms with Crippen LogP contribution in [0.5, 0.6) is 11.6 Å². The van der Waals surface area contributed by atoms with Crippen molar-refractivity contribution >= 4 is 5.52 Å². The fourth-order valence-electron chi connectivity index (χ4n) is 2.69. The van der Waals surface area contributed by atoms with Gasteiger partial charge < -0.3 is 4.74 Å². The van der Waals surface area contributed by atoms with Gasteiger partial charge in [0, 0.05) is 6.20 Å². The molecule has 1 aromatic carbocycles. The van der Waals surface area contributed by atoms with Gasteiger partial charge in [-0.2, -0.15) is 10.1 Å². The van der Waals surface area contributed by atoms with Gasteiger partial charge in [-0.15, -0.1) is 0 Å². The Balaban J connectivity index is 0.000000948. The van der Waals surface area contributed by atoms with Crippen LogP contribution in [0.25, 0.3) is 5.52 Å². The fourth-order valence-corrected chi connectivity index (χ4v) is 2.69. The molecular formula is C22H23N3O. The molecule has 0 N–H and O–H groups in total. The normalized spacial score (nSPS) is 15.8. The summed E-state index contributed by atoms with van der Waals surface area (Å²) >= 11 is 0. The summed E-state index contributed by atoms with van der Waals surface area (Å²) in [7, 11) is 0. The first-order valence-corrected chi connectivity index (χ1v) is 8.91. The lowest BCUT2D eigenvalue weighted by atomic mass is 10.1. The first-order chi connectivity index (χ1) is 12.8. The highest BCUT2D eigenvalue weighted by atomic mass is 16.5. The van der Waals surface area contributed by atoms with E-state index in [1.807, 2.05) is 79.2 Å². The molecule has 2 heterocycles. The van der Waals surface area contributed by atoms with Crippen molar-refractivity contribution in [3.63, 3.8) is 0 Å². The summed E-state index contributed by atoms with van der Waals surface area (Å²) in [5.74, 6) is 2.05. The molecule has 2 aromatic heterocycles. The largest absolute Gasteiger partial charge is 0.437 e. The Labute approximate surface area is 154 Å². The van der Waals surface area contributed by atoms with E-state index < -0.39 is 0 Å². The predicted octanol–water partition coefficient (Wildman–Crippen LogP) is 5.70. The van der Waals surface area contributed by atoms with Crippen molar-refractivity contribution in [2.75, 3.05) is 0 Å². The first-order valence-electron chi connectivity index (χ1n) is 8.91. The minimum atomic E-state index is 0.0184. The van der Waals surface area contributed by atoms with Gasteiger partial charge in [-0.05, 0) is 31.2 Å². The Hall–Kier alpha value is -3.14. The number of para-hydroxylation sites is 1. The molecule has 0 radical (unpaired) electrons. The van der Waals surface area contributed by atoms with E-state index >= 15 is 0 Å². The molecule has 0 saturated heterocycles. The van der Waals surface area contributed by atoms with Gasteiger partial charge in [-0.3, -0.25) is 0 Å². The van der Waals surface area contributed by atoms with Crippen LogP contribution in [0.2, 0.25) is 0 Å². The van der Waals surface area contributed by atoms with E-state index in [4.69, 9.17) is 9.72 Å². The highest BCUT2D eigenvalue weighted by Gasteiger charge is 2.15. The highest BCUT2D eigenvalue weighted by molar-refractivity contribution is 5.57. The van der Waals surface area contributed by atoms with Gasteiger partial charge in [0.25, 0.3) is 0 Å². The van der Waals surface area contributed by atoms with Crippen LogP contribution < -0.4 is 4.74 Å². The summed E-state index contributed by atoms with van der Waals surface area (Å²) in [4.78, 5) is 4.69. The molecule has 0 fully saturated rings. The molecule has 26 heavy (non-hydrogen) atoms. The number of rotatable bonds is 3. The second-order valence-corrected chi connectivity index (χ2v) is 5.71. The highest BCUT2D eigenvalue weighted by Crippen LogP contribution is 2.27. The minimum absolute atomic E-state index is 0.0184. The van der Waals surface area contributed by atoms with Crippen molar-refractivity contribution in [3.05, 3.63) is 90.4 Å². The van der Waals surface area contributed by atoms with E-state index in [1.54, 1.807) is 0 Å². The third-order valence-electron chi connectivity index (χ3n) is 3.86. The molecule has 132 valence electrons. The second kappa shape index (κ2) is 8.30. The zero-order chi connectivity index (χ0) is 18.4. The average Bonchev–Trinajstić information content (AvgIpc) is 3.05. The third-order valence-corrected chi connectivity index (χ3v) is 3.86. The molecule has 4 heteroatoms. The molecule has 1 aliphatic carbocycles. The van der Waals surface area contributed by atoms with Crippen molar-refractivity contribution in [2.24, 2.45) is 0 Å². The number of benzene rings is 1. The summed E-state index contributed by atoms with van der Waals surface area (Å²) < 4.78 is 7.82. The van der Waals surface area contributed by atoms with Gasteiger partial charge in [0.15, 0.2) is 5.82 Å². The molecular weight excluding hydrogens is 322 g/mol. The zero-order valence-electron chi connectivity index (χ0n) is 15.3. The Morgan fingerprint density at radius 3 is 2.62 bits per heavy atom. The number of hydrogen-bond acceptors (Lipinski definition) is 3. The van der Waals surface area contributed by atoms with Crippen molar-refractivity contribution < 1.29 is 4.74 Å². The molecule has 0 aliphatic heterocycles. The molecule has 4 nitrogen and oxygen atoms in total. The van der Waals surface area contributed by atoms with Gasteiger partial charge in [0.2, 0.25) is 5.88 Å². The molecule has 0 saturated carbocycles. The molecule has 4 rings (SSSR count). The number of nitrogens with zero attached hydrogens (tertiary/aromatic N) is 3. The van der Waals surface area contributed by atoms with Crippen molar-refractivity contribution in [2.45, 2.75) is 26.7 Å². The lowest BCUT2D eigenvalue weighted by Gasteiger charge is -2.11. The number of ether oxygens (including phenoxy) is 1. The van der Waals surface area contributed by atoms with Crippen LogP contribution >= 0.6 is 0 Å². The zero-order valence-corrected chi connectivity index (χ0v) is 15.3. The molecule has 0 bridgehead atoms. The predicted molar refractivity (Wildman–Crippen MR) is 106 cm³/mol. The second-order valence-electron chi connectivity index (χ2n) is 5.71. The van der Waals surface area contributed by atoms with Gasteiger partial charge in [-0.1, -0.05) is 68.0 Å². The molecule has 0 spiro atoms. The Kier molecular flexibility index (Phi) is 5.64. The lowest BCUT2D eigenvalue weighted by Crippen LogP contribution is -2.06. The van der Waals surface area contributed by atoms with E-state index in [-0.39, 0.29) is 5.92 Å². The van der Waals surface area contributed by atoms with E-state index in [0.29, 0.717) is 11.7 Å². The van der Waals surface area contributed by atoms with Crippen molar-refractivity contribution in [3.8, 4) is 11.6 Å². The number of allylic oxidation sites excluding steroid dienone is 6. The summed E-state index contributed by atoms with van der Waals surface area (Å²) in [6.07, 6.45) is 12.3. The van der Waals surface area contributed by atoms with Crippen LogP contribution in [-0.4, -0.2) is 14.6 Å². The van der Waals surface area contributed by atoms with Crippen LogP contribution in [0.3, 0.4) is 0 Å². The van der Waals surface area contributed by atoms with Gasteiger partial charge >= 0.3 is 0 Å². The van der Waals surface area contributed by atoms with Gasteiger partial charge in [0.05, 0.1) is 5.92 Å². The molecule has 1 aliphatic rings. The Morgan fingerprint density at radius 1 is 1.00 bits per heavy atom. The van der Waals surface area contributed by atoms with E-state index in [0.717, 1.165) is 11.3 Å². The van der Waals surface area contributed by atoms with Crippen LogP contribution in [0.4, 0.5) is 0 Å². The first kappa shape index (κ1) is 17.7. The maximum atomic E-state index is 6.01. The number of aromatic nitrogens is 3. The van der Waals surface area contributed by atoms with Crippen LogP contribution in [-0.2, 0) is 0 Å². The van der Waals surface area contributed by atoms with Crippen molar-refractivity contribution in [1.29, 1.82) is 0 Å². The standard InChI is InChI=1S/C20H17N3O.C2H6/c1-15-8-5-6-9-16(14-15)19-21-20(18-12-7-13-23(18)22-19)24-17-10-3-2-4-11-17;1-2/h2-14,16H,1H3;1-2H3. The maximum Gasteiger partial charge on any atom is 0.247 e. The van der Waals surface area contributed by atoms with Crippen LogP contribution in [0.1, 0.15) is 32.5 Å². The van der Waals surface area contributed by atoms with Gasteiger partial charge in [-0.25, -0.2) is 4.52 Å².